The van der Waals surface area contributed by atoms with E-state index in [0.29, 0.717) is 37.1 Å². The van der Waals surface area contributed by atoms with Crippen LogP contribution in [0.25, 0.3) is 21.6 Å². The lowest BCUT2D eigenvalue weighted by Crippen LogP contribution is -2.48. The topological polar surface area (TPSA) is 120 Å². The normalized spacial score (nSPS) is 15.4. The van der Waals surface area contributed by atoms with Crippen molar-refractivity contribution in [1.82, 2.24) is 29.5 Å². The number of aryl methyl sites for hydroxylation is 1. The molecule has 1 aliphatic rings. The lowest BCUT2D eigenvalue weighted by Gasteiger charge is -2.34. The van der Waals surface area contributed by atoms with E-state index in [1.807, 2.05) is 31.2 Å². The molecule has 0 radical (unpaired) electrons. The fourth-order valence-electron chi connectivity index (χ4n) is 3.70. The van der Waals surface area contributed by atoms with E-state index < -0.39 is 10.0 Å². The van der Waals surface area contributed by atoms with Crippen molar-refractivity contribution in [2.75, 3.05) is 42.7 Å². The van der Waals surface area contributed by atoms with E-state index in [4.69, 9.17) is 4.98 Å². The zero-order chi connectivity index (χ0) is 22.3. The molecule has 0 saturated carbocycles. The zero-order valence-corrected chi connectivity index (χ0v) is 19.2. The number of nitrogens with zero attached hydrogens (tertiary/aromatic N) is 6. The Balaban J connectivity index is 1.33. The van der Waals surface area contributed by atoms with Crippen molar-refractivity contribution >= 4 is 48.3 Å². The van der Waals surface area contributed by atoms with E-state index >= 15 is 0 Å². The van der Waals surface area contributed by atoms with Crippen molar-refractivity contribution in [3.8, 4) is 11.3 Å². The number of nitrogens with one attached hydrogen (secondary N) is 2. The van der Waals surface area contributed by atoms with Crippen LogP contribution in [0.15, 0.2) is 36.7 Å². The molecule has 4 aromatic heterocycles. The largest absolute Gasteiger partial charge is 0.369 e. The number of hydrogen-bond acceptors (Lipinski definition) is 9. The summed E-state index contributed by atoms with van der Waals surface area (Å²) >= 11 is 1.46. The van der Waals surface area contributed by atoms with Gasteiger partial charge in [0.2, 0.25) is 10.0 Å². The van der Waals surface area contributed by atoms with Gasteiger partial charge in [0.1, 0.15) is 16.2 Å². The van der Waals surface area contributed by atoms with Crippen molar-refractivity contribution in [2.45, 2.75) is 6.92 Å². The standard InChI is InChI=1S/C20H22N8O2S2/c1-13-15(12-22-26-13)16-3-4-17-19(23-16)31-20(24-17)25-18-11-14(5-6-21-18)27-7-9-28(10-8-27)32(2,29)30/h3-6,11-12H,7-10H2,1-2H3,(H,22,26)(H,21,24,25). The van der Waals surface area contributed by atoms with Gasteiger partial charge in [0.05, 0.1) is 18.1 Å². The van der Waals surface area contributed by atoms with Gasteiger partial charge in [0, 0.05) is 55.4 Å². The molecule has 0 atom stereocenters. The number of aromatic nitrogens is 5. The van der Waals surface area contributed by atoms with Crippen molar-refractivity contribution in [3.63, 3.8) is 0 Å². The van der Waals surface area contributed by atoms with Crippen LogP contribution in [0.1, 0.15) is 5.69 Å². The van der Waals surface area contributed by atoms with Crippen LogP contribution in [0, 0.1) is 6.92 Å². The van der Waals surface area contributed by atoms with Crippen LogP contribution in [0.4, 0.5) is 16.6 Å². The van der Waals surface area contributed by atoms with Gasteiger partial charge in [-0.3, -0.25) is 5.10 Å². The first kappa shape index (κ1) is 20.8. The molecule has 1 saturated heterocycles. The van der Waals surface area contributed by atoms with Crippen molar-refractivity contribution in [2.24, 2.45) is 0 Å². The number of H-pyrrole nitrogens is 1. The van der Waals surface area contributed by atoms with Gasteiger partial charge in [-0.05, 0) is 25.1 Å². The lowest BCUT2D eigenvalue weighted by molar-refractivity contribution is 0.388. The van der Waals surface area contributed by atoms with Gasteiger partial charge in [0.15, 0.2) is 5.13 Å². The Morgan fingerprint density at radius 1 is 1.12 bits per heavy atom. The molecule has 0 aromatic carbocycles. The summed E-state index contributed by atoms with van der Waals surface area (Å²) in [5.41, 5.74) is 4.61. The molecule has 5 heterocycles. The third kappa shape index (κ3) is 4.16. The van der Waals surface area contributed by atoms with E-state index in [9.17, 15) is 8.42 Å². The minimum atomic E-state index is -3.15. The van der Waals surface area contributed by atoms with Gasteiger partial charge >= 0.3 is 0 Å². The first-order valence-electron chi connectivity index (χ1n) is 10.1. The van der Waals surface area contributed by atoms with E-state index in [1.165, 1.54) is 21.9 Å². The van der Waals surface area contributed by atoms with E-state index in [1.54, 1.807) is 12.4 Å². The highest BCUT2D eigenvalue weighted by molar-refractivity contribution is 7.88. The molecule has 1 fully saturated rings. The molecular formula is C20H22N8O2S2. The Morgan fingerprint density at radius 2 is 1.94 bits per heavy atom. The van der Waals surface area contributed by atoms with Crippen LogP contribution in [-0.4, -0.2) is 70.3 Å². The SMILES string of the molecule is Cc1[nH]ncc1-c1ccc2nc(Nc3cc(N4CCN(S(C)(=O)=O)CC4)ccn3)sc2n1. The second kappa shape index (κ2) is 8.11. The van der Waals surface area contributed by atoms with Gasteiger partial charge in [0.25, 0.3) is 0 Å². The Labute approximate surface area is 189 Å². The molecule has 0 spiro atoms. The quantitative estimate of drug-likeness (QED) is 0.457. The maximum atomic E-state index is 11.7. The molecule has 0 unspecified atom stereocenters. The van der Waals surface area contributed by atoms with Gasteiger partial charge in [-0.1, -0.05) is 11.3 Å². The van der Waals surface area contributed by atoms with Gasteiger partial charge in [-0.15, -0.1) is 0 Å². The molecule has 166 valence electrons. The van der Waals surface area contributed by atoms with Crippen LogP contribution in [-0.2, 0) is 10.0 Å². The highest BCUT2D eigenvalue weighted by Crippen LogP contribution is 2.30. The fourth-order valence-corrected chi connectivity index (χ4v) is 5.37. The third-order valence-corrected chi connectivity index (χ3v) is 7.60. The molecule has 5 rings (SSSR count). The Hall–Kier alpha value is -3.09. The van der Waals surface area contributed by atoms with Crippen molar-refractivity contribution in [3.05, 3.63) is 42.4 Å². The number of aromatic amines is 1. The van der Waals surface area contributed by atoms with Crippen LogP contribution in [0.2, 0.25) is 0 Å². The van der Waals surface area contributed by atoms with Crippen molar-refractivity contribution < 1.29 is 8.42 Å². The monoisotopic (exact) mass is 470 g/mol. The van der Waals surface area contributed by atoms with E-state index in [-0.39, 0.29) is 0 Å². The number of hydrogen-bond donors (Lipinski definition) is 2. The fraction of sp³-hybridized carbons (Fsp3) is 0.300. The second-order valence-corrected chi connectivity index (χ2v) is 10.6. The van der Waals surface area contributed by atoms with Crippen LogP contribution in [0.5, 0.6) is 0 Å². The number of sulfonamides is 1. The lowest BCUT2D eigenvalue weighted by atomic mass is 10.2. The maximum Gasteiger partial charge on any atom is 0.211 e. The molecule has 2 N–H and O–H groups in total. The summed E-state index contributed by atoms with van der Waals surface area (Å²) in [6.45, 7) is 4.20. The number of thiazole rings is 1. The van der Waals surface area contributed by atoms with E-state index in [0.717, 1.165) is 33.0 Å². The second-order valence-electron chi connectivity index (χ2n) is 7.62. The van der Waals surface area contributed by atoms with Crippen LogP contribution >= 0.6 is 11.3 Å². The number of rotatable bonds is 5. The minimum Gasteiger partial charge on any atom is -0.369 e. The number of anilines is 3. The predicted octanol–water partition coefficient (Wildman–Crippen LogP) is 2.61. The van der Waals surface area contributed by atoms with Crippen LogP contribution in [0.3, 0.4) is 0 Å². The maximum absolute atomic E-state index is 11.7. The van der Waals surface area contributed by atoms with Crippen LogP contribution < -0.4 is 10.2 Å². The summed E-state index contributed by atoms with van der Waals surface area (Å²) in [5.74, 6) is 0.679. The van der Waals surface area contributed by atoms with E-state index in [2.05, 4.69) is 30.4 Å². The summed E-state index contributed by atoms with van der Waals surface area (Å²) in [5, 5.41) is 11.0. The minimum absolute atomic E-state index is 0.478. The molecule has 12 heteroatoms. The Bertz CT molecular complexity index is 1370. The summed E-state index contributed by atoms with van der Waals surface area (Å²) < 4.78 is 25.0. The molecule has 0 aliphatic carbocycles. The molecule has 0 bridgehead atoms. The first-order valence-corrected chi connectivity index (χ1v) is 12.7. The molecule has 0 amide bonds. The Kier molecular flexibility index (Phi) is 5.27. The molecular weight excluding hydrogens is 448 g/mol. The van der Waals surface area contributed by atoms with Crippen molar-refractivity contribution in [1.29, 1.82) is 0 Å². The van der Waals surface area contributed by atoms with Gasteiger partial charge in [-0.25, -0.2) is 23.4 Å². The zero-order valence-electron chi connectivity index (χ0n) is 17.6. The first-order chi connectivity index (χ1) is 15.4. The highest BCUT2D eigenvalue weighted by atomic mass is 32.2. The summed E-state index contributed by atoms with van der Waals surface area (Å²) in [7, 11) is -3.15. The molecule has 32 heavy (non-hydrogen) atoms. The summed E-state index contributed by atoms with van der Waals surface area (Å²) in [6.07, 6.45) is 4.77. The Morgan fingerprint density at radius 3 is 2.66 bits per heavy atom. The molecule has 1 aliphatic heterocycles. The summed E-state index contributed by atoms with van der Waals surface area (Å²) in [4.78, 5) is 16.8. The summed E-state index contributed by atoms with van der Waals surface area (Å²) in [6, 6.07) is 7.78. The predicted molar refractivity (Wildman–Crippen MR) is 126 cm³/mol. The average molecular weight is 471 g/mol. The van der Waals surface area contributed by atoms with Gasteiger partial charge in [-0.2, -0.15) is 9.40 Å². The molecule has 10 nitrogen and oxygen atoms in total. The number of pyridine rings is 2. The highest BCUT2D eigenvalue weighted by Gasteiger charge is 2.23. The third-order valence-electron chi connectivity index (χ3n) is 5.41. The molecule has 4 aromatic rings. The number of piperazine rings is 1. The number of fused-ring (bicyclic) bond motifs is 1. The smallest absolute Gasteiger partial charge is 0.211 e. The average Bonchev–Trinajstić information content (AvgIpc) is 3.38. The van der Waals surface area contributed by atoms with Gasteiger partial charge < -0.3 is 10.2 Å².